The van der Waals surface area contributed by atoms with E-state index >= 15 is 0 Å². The lowest BCUT2D eigenvalue weighted by atomic mass is 9.92. The first-order valence-corrected chi connectivity index (χ1v) is 7.21. The second kappa shape index (κ2) is 6.04. The number of piperazine rings is 1. The van der Waals surface area contributed by atoms with E-state index in [1.807, 2.05) is 0 Å². The second-order valence-corrected chi connectivity index (χ2v) is 5.78. The molecule has 2 atom stereocenters. The molecule has 0 amide bonds. The summed E-state index contributed by atoms with van der Waals surface area (Å²) in [7, 11) is 0. The maximum absolute atomic E-state index is 10.7. The third-order valence-corrected chi connectivity index (χ3v) is 4.22. The van der Waals surface area contributed by atoms with Gasteiger partial charge in [-0.05, 0) is 44.4 Å². The van der Waals surface area contributed by atoms with E-state index in [0.717, 1.165) is 31.7 Å². The average Bonchev–Trinajstić information content (AvgIpc) is 2.37. The van der Waals surface area contributed by atoms with Crippen molar-refractivity contribution in [2.24, 2.45) is 0 Å². The fraction of sp³-hybridized carbons (Fsp3) is 0.625. The lowest BCUT2D eigenvalue weighted by Gasteiger charge is -2.36. The SMILES string of the molecule is Cc1cc(C)c(C(O)C(C)N2CCNCC2)c(C)c1. The van der Waals surface area contributed by atoms with Crippen LogP contribution in [0.15, 0.2) is 12.1 Å². The molecule has 0 spiro atoms. The number of aryl methyl sites for hydroxylation is 3. The fourth-order valence-electron chi connectivity index (χ4n) is 3.19. The number of aliphatic hydroxyl groups excluding tert-OH is 1. The summed E-state index contributed by atoms with van der Waals surface area (Å²) in [4.78, 5) is 2.37. The van der Waals surface area contributed by atoms with Crippen molar-refractivity contribution >= 4 is 0 Å². The van der Waals surface area contributed by atoms with Gasteiger partial charge in [0.2, 0.25) is 0 Å². The molecule has 19 heavy (non-hydrogen) atoms. The third kappa shape index (κ3) is 3.16. The van der Waals surface area contributed by atoms with Crippen LogP contribution in [0.2, 0.25) is 0 Å². The van der Waals surface area contributed by atoms with Crippen LogP contribution in [-0.4, -0.2) is 42.2 Å². The molecule has 1 heterocycles. The predicted octanol–water partition coefficient (Wildman–Crippen LogP) is 1.94. The summed E-state index contributed by atoms with van der Waals surface area (Å²) in [5.41, 5.74) is 4.77. The van der Waals surface area contributed by atoms with E-state index in [2.05, 4.69) is 50.0 Å². The molecule has 3 heteroatoms. The molecule has 2 unspecified atom stereocenters. The monoisotopic (exact) mass is 262 g/mol. The van der Waals surface area contributed by atoms with Gasteiger partial charge in [-0.15, -0.1) is 0 Å². The summed E-state index contributed by atoms with van der Waals surface area (Å²) in [5, 5.41) is 14.1. The van der Waals surface area contributed by atoms with Gasteiger partial charge in [-0.25, -0.2) is 0 Å². The van der Waals surface area contributed by atoms with Crippen LogP contribution >= 0.6 is 0 Å². The lowest BCUT2D eigenvalue weighted by Crippen LogP contribution is -2.49. The molecule has 106 valence electrons. The van der Waals surface area contributed by atoms with Crippen molar-refractivity contribution in [1.29, 1.82) is 0 Å². The molecule has 0 saturated carbocycles. The zero-order valence-corrected chi connectivity index (χ0v) is 12.5. The molecule has 0 radical (unpaired) electrons. The van der Waals surface area contributed by atoms with Crippen molar-refractivity contribution in [3.8, 4) is 0 Å². The highest BCUT2D eigenvalue weighted by atomic mass is 16.3. The number of nitrogens with one attached hydrogen (secondary N) is 1. The van der Waals surface area contributed by atoms with Gasteiger partial charge in [0.15, 0.2) is 0 Å². The minimum atomic E-state index is -0.404. The Morgan fingerprint density at radius 3 is 2.16 bits per heavy atom. The predicted molar refractivity (Wildman–Crippen MR) is 79.5 cm³/mol. The van der Waals surface area contributed by atoms with Gasteiger partial charge in [0, 0.05) is 32.2 Å². The number of rotatable bonds is 3. The minimum absolute atomic E-state index is 0.169. The van der Waals surface area contributed by atoms with E-state index in [0.29, 0.717) is 0 Å². The lowest BCUT2D eigenvalue weighted by molar-refractivity contribution is 0.0502. The molecule has 1 aromatic carbocycles. The molecule has 1 aliphatic heterocycles. The maximum Gasteiger partial charge on any atom is 0.0947 e. The summed E-state index contributed by atoms with van der Waals surface area (Å²) in [5.74, 6) is 0. The van der Waals surface area contributed by atoms with Crippen LogP contribution in [0, 0.1) is 20.8 Å². The molecule has 0 aliphatic carbocycles. The van der Waals surface area contributed by atoms with Crippen LogP contribution in [0.4, 0.5) is 0 Å². The summed E-state index contributed by atoms with van der Waals surface area (Å²) >= 11 is 0. The van der Waals surface area contributed by atoms with Crippen LogP contribution in [-0.2, 0) is 0 Å². The summed E-state index contributed by atoms with van der Waals surface area (Å²) in [6, 6.07) is 4.49. The molecule has 2 rings (SSSR count). The van der Waals surface area contributed by atoms with Gasteiger partial charge < -0.3 is 10.4 Å². The van der Waals surface area contributed by atoms with Gasteiger partial charge in [-0.3, -0.25) is 4.90 Å². The van der Waals surface area contributed by atoms with Crippen molar-refractivity contribution in [3.63, 3.8) is 0 Å². The van der Waals surface area contributed by atoms with Gasteiger partial charge in [-0.1, -0.05) is 17.7 Å². The molecule has 1 saturated heterocycles. The first kappa shape index (κ1) is 14.5. The largest absolute Gasteiger partial charge is 0.387 e. The Bertz CT molecular complexity index is 415. The summed E-state index contributed by atoms with van der Waals surface area (Å²) in [6.45, 7) is 12.5. The van der Waals surface area contributed by atoms with E-state index in [9.17, 15) is 5.11 Å². The summed E-state index contributed by atoms with van der Waals surface area (Å²) in [6.07, 6.45) is -0.404. The van der Waals surface area contributed by atoms with Crippen LogP contribution in [0.3, 0.4) is 0 Å². The highest BCUT2D eigenvalue weighted by molar-refractivity contribution is 5.39. The Kier molecular flexibility index (Phi) is 4.61. The van der Waals surface area contributed by atoms with Gasteiger partial charge in [0.25, 0.3) is 0 Å². The van der Waals surface area contributed by atoms with Gasteiger partial charge in [0.05, 0.1) is 6.10 Å². The van der Waals surface area contributed by atoms with Crippen LogP contribution in [0.25, 0.3) is 0 Å². The van der Waals surface area contributed by atoms with Crippen molar-refractivity contribution in [1.82, 2.24) is 10.2 Å². The first-order valence-electron chi connectivity index (χ1n) is 7.21. The van der Waals surface area contributed by atoms with Crippen molar-refractivity contribution in [3.05, 3.63) is 34.4 Å². The molecule has 3 nitrogen and oxygen atoms in total. The van der Waals surface area contributed by atoms with Gasteiger partial charge in [0.1, 0.15) is 0 Å². The van der Waals surface area contributed by atoms with E-state index in [4.69, 9.17) is 0 Å². The number of nitrogens with zero attached hydrogens (tertiary/aromatic N) is 1. The maximum atomic E-state index is 10.7. The van der Waals surface area contributed by atoms with Crippen LogP contribution < -0.4 is 5.32 Å². The first-order chi connectivity index (χ1) is 9.00. The number of hydrogen-bond donors (Lipinski definition) is 2. The molecule has 2 N–H and O–H groups in total. The highest BCUT2D eigenvalue weighted by Crippen LogP contribution is 2.28. The Morgan fingerprint density at radius 2 is 1.63 bits per heavy atom. The topological polar surface area (TPSA) is 35.5 Å². The molecular weight excluding hydrogens is 236 g/mol. The minimum Gasteiger partial charge on any atom is -0.387 e. The van der Waals surface area contributed by atoms with Crippen molar-refractivity contribution in [2.75, 3.05) is 26.2 Å². The molecule has 1 aromatic rings. The second-order valence-electron chi connectivity index (χ2n) is 5.78. The summed E-state index contributed by atoms with van der Waals surface area (Å²) < 4.78 is 0. The highest BCUT2D eigenvalue weighted by Gasteiger charge is 2.26. The molecule has 0 aromatic heterocycles. The van der Waals surface area contributed by atoms with Crippen molar-refractivity contribution < 1.29 is 5.11 Å². The zero-order valence-electron chi connectivity index (χ0n) is 12.5. The zero-order chi connectivity index (χ0) is 14.0. The van der Waals surface area contributed by atoms with E-state index in [1.165, 1.54) is 16.7 Å². The van der Waals surface area contributed by atoms with Crippen LogP contribution in [0.1, 0.15) is 35.3 Å². The molecule has 0 bridgehead atoms. The fourth-order valence-corrected chi connectivity index (χ4v) is 3.19. The Balaban J connectivity index is 2.20. The van der Waals surface area contributed by atoms with E-state index in [1.54, 1.807) is 0 Å². The third-order valence-electron chi connectivity index (χ3n) is 4.22. The van der Waals surface area contributed by atoms with Gasteiger partial charge >= 0.3 is 0 Å². The number of aliphatic hydroxyl groups is 1. The number of hydrogen-bond acceptors (Lipinski definition) is 3. The molecule has 1 aliphatic rings. The Hall–Kier alpha value is -0.900. The molecule has 1 fully saturated rings. The van der Waals surface area contributed by atoms with E-state index < -0.39 is 6.10 Å². The Morgan fingerprint density at radius 1 is 1.11 bits per heavy atom. The van der Waals surface area contributed by atoms with Gasteiger partial charge in [-0.2, -0.15) is 0 Å². The normalized spacial score (nSPS) is 20.3. The quantitative estimate of drug-likeness (QED) is 0.874. The molecular formula is C16H26N2O. The smallest absolute Gasteiger partial charge is 0.0947 e. The van der Waals surface area contributed by atoms with Crippen LogP contribution in [0.5, 0.6) is 0 Å². The Labute approximate surface area is 116 Å². The van der Waals surface area contributed by atoms with Crippen molar-refractivity contribution in [2.45, 2.75) is 39.8 Å². The average molecular weight is 262 g/mol. The number of benzene rings is 1. The standard InChI is InChI=1S/C16H26N2O/c1-11-9-12(2)15(13(3)10-11)16(19)14(4)18-7-5-17-6-8-18/h9-10,14,16-17,19H,5-8H2,1-4H3. The van der Waals surface area contributed by atoms with E-state index in [-0.39, 0.29) is 6.04 Å².